The number of ether oxygens (including phenoxy) is 4. The molecule has 6 rings (SSSR count). The van der Waals surface area contributed by atoms with Crippen molar-refractivity contribution >= 4 is 81.1 Å². The lowest BCUT2D eigenvalue weighted by molar-refractivity contribution is -0.890. The van der Waals surface area contributed by atoms with Crippen LogP contribution in [0.4, 0.5) is 22.7 Å². The van der Waals surface area contributed by atoms with Crippen LogP contribution in [0.15, 0.2) is 105 Å². The Labute approximate surface area is 365 Å². The molecule has 0 unspecified atom stereocenters. The van der Waals surface area contributed by atoms with Gasteiger partial charge in [0.1, 0.15) is 6.54 Å². The number of nitrogens with zero attached hydrogens (tertiary/aromatic N) is 4. The highest BCUT2D eigenvalue weighted by Gasteiger charge is 2.25. The summed E-state index contributed by atoms with van der Waals surface area (Å²) >= 11 is 21.5. The summed E-state index contributed by atoms with van der Waals surface area (Å²) in [5.41, 5.74) is 5.00. The fourth-order valence-electron chi connectivity index (χ4n) is 6.26. The Hall–Kier alpha value is -2.19. The molecule has 2 aliphatic rings. The molecular weight excluding hydrogens is 819 g/mol. The van der Waals surface area contributed by atoms with E-state index in [0.29, 0.717) is 38.9 Å². The monoisotopic (exact) mass is 877 g/mol. The molecule has 2 heterocycles. The number of para-hydroxylation sites is 2. The smallest absolute Gasteiger partial charge is 0.102 e. The second kappa shape index (κ2) is 25.4. The number of fused-ring (bicyclic) bond motifs is 4. The molecule has 0 N–H and O–H groups in total. The summed E-state index contributed by atoms with van der Waals surface area (Å²) in [5.74, 6) is 0.559. The number of benzene rings is 4. The van der Waals surface area contributed by atoms with Gasteiger partial charge in [-0.25, -0.2) is 0 Å². The maximum absolute atomic E-state index is 6.31. The fourth-order valence-corrected chi connectivity index (χ4v) is 8.85. The summed E-state index contributed by atoms with van der Waals surface area (Å²) in [7, 11) is 12.1. The highest BCUT2D eigenvalue weighted by Crippen LogP contribution is 2.50. The number of anilines is 4. The van der Waals surface area contributed by atoms with E-state index < -0.39 is 0 Å². The summed E-state index contributed by atoms with van der Waals surface area (Å²) in [6.45, 7) is 9.14. The van der Waals surface area contributed by atoms with E-state index in [4.69, 9.17) is 53.8 Å². The Morgan fingerprint density at radius 1 is 0.579 bits per heavy atom. The summed E-state index contributed by atoms with van der Waals surface area (Å²) in [5, 5.41) is 1.58. The van der Waals surface area contributed by atoms with Crippen LogP contribution >= 0.6 is 58.3 Å². The number of hydrogen-bond acceptors (Lipinski definition) is 9. The van der Waals surface area contributed by atoms with Gasteiger partial charge in [-0.2, -0.15) is 0 Å². The fraction of sp³-hybridized carbons (Fsp3) is 0.455. The molecule has 0 aromatic heterocycles. The van der Waals surface area contributed by atoms with Crippen LogP contribution in [0.2, 0.25) is 10.0 Å². The first kappa shape index (κ1) is 47.5. The Morgan fingerprint density at radius 2 is 1.05 bits per heavy atom. The van der Waals surface area contributed by atoms with Gasteiger partial charge < -0.3 is 38.1 Å². The molecule has 0 saturated heterocycles. The third-order valence-electron chi connectivity index (χ3n) is 9.23. The predicted octanol–water partition coefficient (Wildman–Crippen LogP) is 10.9. The average Bonchev–Trinajstić information content (AvgIpc) is 3.19. The first-order valence-electron chi connectivity index (χ1n) is 19.4. The molecular formula is C44H60Cl3N4O4S2+. The van der Waals surface area contributed by atoms with Gasteiger partial charge in [0.05, 0.1) is 83.0 Å². The first-order chi connectivity index (χ1) is 27.6. The Kier molecular flexibility index (Phi) is 21.2. The van der Waals surface area contributed by atoms with Crippen molar-refractivity contribution in [3.8, 4) is 0 Å². The van der Waals surface area contributed by atoms with E-state index in [1.54, 1.807) is 14.2 Å². The maximum atomic E-state index is 6.31. The summed E-state index contributed by atoms with van der Waals surface area (Å²) < 4.78 is 21.3. The van der Waals surface area contributed by atoms with Gasteiger partial charge in [0.25, 0.3) is 0 Å². The number of halogens is 3. The maximum Gasteiger partial charge on any atom is 0.102 e. The zero-order valence-electron chi connectivity index (χ0n) is 34.4. The zero-order valence-corrected chi connectivity index (χ0v) is 38.3. The van der Waals surface area contributed by atoms with E-state index in [1.165, 1.54) is 42.3 Å². The molecule has 0 amide bonds. The van der Waals surface area contributed by atoms with Crippen LogP contribution in [-0.4, -0.2) is 130 Å². The van der Waals surface area contributed by atoms with Crippen LogP contribution < -0.4 is 9.80 Å². The zero-order chi connectivity index (χ0) is 41.0. The Bertz CT molecular complexity index is 1780. The van der Waals surface area contributed by atoms with Crippen LogP contribution in [0.25, 0.3) is 0 Å². The average molecular weight is 879 g/mol. The van der Waals surface area contributed by atoms with Gasteiger partial charge in [-0.15, -0.1) is 11.6 Å². The number of alkyl halides is 1. The number of hydrogen-bond donors (Lipinski definition) is 0. The first-order valence-corrected chi connectivity index (χ1v) is 22.3. The molecule has 57 heavy (non-hydrogen) atoms. The third-order valence-corrected chi connectivity index (χ3v) is 12.1. The van der Waals surface area contributed by atoms with E-state index >= 15 is 0 Å². The minimum Gasteiger partial charge on any atom is -0.382 e. The van der Waals surface area contributed by atoms with Gasteiger partial charge in [0, 0.05) is 69.2 Å². The second-order valence-electron chi connectivity index (χ2n) is 14.5. The lowest BCUT2D eigenvalue weighted by Gasteiger charge is -2.35. The molecule has 0 atom stereocenters. The molecule has 312 valence electrons. The molecule has 4 aromatic carbocycles. The van der Waals surface area contributed by atoms with Crippen molar-refractivity contribution in [3.05, 3.63) is 95.0 Å². The molecule has 0 radical (unpaired) electrons. The SMILES string of the molecule is CN(C)CCCN1c2ccccc2Sc2ccc(Cl)cc21.COCCOCCCl.COCCOCC[N+](C)(C)CCCN1c2ccccc2Sc2ccc(Cl)cc21. The van der Waals surface area contributed by atoms with Crippen LogP contribution in [-0.2, 0) is 18.9 Å². The van der Waals surface area contributed by atoms with Gasteiger partial charge in [-0.1, -0.05) is 71.0 Å². The standard InChI is InChI=1S/C22H30ClN2O2S.C17H19ClN2S.C5H11ClO2/c1-25(2,13-14-27-16-15-26-3)12-6-11-24-19-7-4-5-8-21(19)28-22-10-9-18(23)17-20(22)24;1-19(2)10-5-11-20-14-6-3-4-7-16(14)21-17-9-8-13(18)12-15(17)20;1-7-4-5-8-3-2-6/h4-5,7-10,17H,6,11-16H2,1-3H3;3-4,6-9,12H,5,10-11H2,1-2H3;2-5H2,1H3/q+1;;. The quantitative estimate of drug-likeness (QED) is 0.0521. The van der Waals surface area contributed by atoms with Crippen molar-refractivity contribution < 1.29 is 23.4 Å². The molecule has 0 bridgehead atoms. The van der Waals surface area contributed by atoms with Crippen molar-refractivity contribution in [1.29, 1.82) is 0 Å². The van der Waals surface area contributed by atoms with Gasteiger partial charge >= 0.3 is 0 Å². The third kappa shape index (κ3) is 15.7. The van der Waals surface area contributed by atoms with E-state index in [-0.39, 0.29) is 0 Å². The van der Waals surface area contributed by atoms with Crippen LogP contribution in [0, 0.1) is 0 Å². The van der Waals surface area contributed by atoms with Crippen molar-refractivity contribution in [1.82, 2.24) is 4.90 Å². The summed E-state index contributed by atoms with van der Waals surface area (Å²) in [6.07, 6.45) is 2.22. The molecule has 8 nitrogen and oxygen atoms in total. The number of likely N-dealkylation sites (N-methyl/N-ethyl adjacent to an activating group) is 1. The minimum absolute atomic E-state index is 0.559. The van der Waals surface area contributed by atoms with E-state index in [1.807, 2.05) is 35.7 Å². The van der Waals surface area contributed by atoms with E-state index in [2.05, 4.69) is 116 Å². The number of methoxy groups -OCH3 is 2. The lowest BCUT2D eigenvalue weighted by Crippen LogP contribution is -2.44. The van der Waals surface area contributed by atoms with Gasteiger partial charge in [-0.3, -0.25) is 0 Å². The molecule has 0 spiro atoms. The normalized spacial score (nSPS) is 12.8. The number of quaternary nitrogens is 1. The van der Waals surface area contributed by atoms with Crippen molar-refractivity contribution in [2.45, 2.75) is 32.4 Å². The van der Waals surface area contributed by atoms with Crippen LogP contribution in [0.1, 0.15) is 12.8 Å². The Balaban J connectivity index is 0.000000218. The largest absolute Gasteiger partial charge is 0.382 e. The lowest BCUT2D eigenvalue weighted by atomic mass is 10.2. The van der Waals surface area contributed by atoms with Crippen LogP contribution in [0.3, 0.4) is 0 Å². The van der Waals surface area contributed by atoms with Crippen molar-refractivity contribution in [2.24, 2.45) is 0 Å². The predicted molar refractivity (Wildman–Crippen MR) is 244 cm³/mol. The Morgan fingerprint density at radius 3 is 1.54 bits per heavy atom. The summed E-state index contributed by atoms with van der Waals surface area (Å²) in [4.78, 5) is 12.2. The van der Waals surface area contributed by atoms with Gasteiger partial charge in [-0.05, 0) is 87.7 Å². The highest BCUT2D eigenvalue weighted by atomic mass is 35.5. The molecule has 0 aliphatic carbocycles. The molecule has 2 aliphatic heterocycles. The van der Waals surface area contributed by atoms with Gasteiger partial charge in [0.2, 0.25) is 0 Å². The van der Waals surface area contributed by atoms with Gasteiger partial charge in [0.15, 0.2) is 0 Å². The van der Waals surface area contributed by atoms with Crippen molar-refractivity contribution in [2.75, 3.05) is 130 Å². The van der Waals surface area contributed by atoms with Crippen molar-refractivity contribution in [3.63, 3.8) is 0 Å². The number of rotatable bonds is 19. The molecule has 4 aromatic rings. The minimum atomic E-state index is 0.559. The second-order valence-corrected chi connectivity index (χ2v) is 17.9. The summed E-state index contributed by atoms with van der Waals surface area (Å²) in [6, 6.07) is 29.6. The topological polar surface area (TPSA) is 46.6 Å². The molecule has 13 heteroatoms. The molecule has 0 saturated carbocycles. The van der Waals surface area contributed by atoms with E-state index in [9.17, 15) is 0 Å². The molecule has 0 fully saturated rings. The highest BCUT2D eigenvalue weighted by molar-refractivity contribution is 8.00. The van der Waals surface area contributed by atoms with E-state index in [0.717, 1.165) is 66.7 Å². The van der Waals surface area contributed by atoms with Crippen LogP contribution in [0.5, 0.6) is 0 Å².